The number of carbonyl (C=O) groups is 1. The molecule has 1 aromatic carbocycles. The van der Waals surface area contributed by atoms with Crippen LogP contribution in [0.15, 0.2) is 34.9 Å². The van der Waals surface area contributed by atoms with Crippen LogP contribution in [0, 0.1) is 12.3 Å². The van der Waals surface area contributed by atoms with Crippen LogP contribution in [0.3, 0.4) is 0 Å². The van der Waals surface area contributed by atoms with Crippen molar-refractivity contribution in [1.82, 2.24) is 15.5 Å². The zero-order valence-corrected chi connectivity index (χ0v) is 14.4. The number of aryl methyl sites for hydroxylation is 1. The number of nitrogens with zero attached hydrogens (tertiary/aromatic N) is 1. The molecule has 2 heterocycles. The lowest BCUT2D eigenvalue weighted by Crippen LogP contribution is -2.29. The Morgan fingerprint density at radius 2 is 2.20 bits per heavy atom. The molecule has 0 unspecified atom stereocenters. The van der Waals surface area contributed by atoms with Gasteiger partial charge in [0.05, 0.1) is 12.2 Å². The lowest BCUT2D eigenvalue weighted by atomic mass is 10.1. The van der Waals surface area contributed by atoms with Crippen LogP contribution in [-0.4, -0.2) is 16.0 Å². The van der Waals surface area contributed by atoms with Gasteiger partial charge >= 0.3 is 0 Å². The predicted octanol–water partition coefficient (Wildman–Crippen LogP) is 3.46. The molecule has 3 aromatic rings. The van der Waals surface area contributed by atoms with Crippen molar-refractivity contribution >= 4 is 16.8 Å². The Kier molecular flexibility index (Phi) is 3.75. The van der Waals surface area contributed by atoms with E-state index in [2.05, 4.69) is 21.5 Å². The maximum Gasteiger partial charge on any atom is 0.226 e. The molecule has 0 spiro atoms. The number of carbonyl (C=O) groups excluding carboxylic acids is 1. The minimum absolute atomic E-state index is 0.137. The van der Waals surface area contributed by atoms with E-state index in [1.165, 1.54) is 0 Å². The molecule has 0 bridgehead atoms. The molecule has 1 saturated carbocycles. The van der Waals surface area contributed by atoms with Gasteiger partial charge in [-0.2, -0.15) is 0 Å². The zero-order valence-electron chi connectivity index (χ0n) is 14.4. The van der Waals surface area contributed by atoms with Gasteiger partial charge in [0.2, 0.25) is 5.91 Å². The molecule has 130 valence electrons. The topological polar surface area (TPSA) is 80.1 Å². The van der Waals surface area contributed by atoms with E-state index in [-0.39, 0.29) is 11.3 Å². The third kappa shape index (κ3) is 3.38. The molecule has 6 nitrogen and oxygen atoms in total. The summed E-state index contributed by atoms with van der Waals surface area (Å²) in [7, 11) is 0. The van der Waals surface area contributed by atoms with Crippen molar-refractivity contribution in [3.05, 3.63) is 47.5 Å². The van der Waals surface area contributed by atoms with Gasteiger partial charge in [0.15, 0.2) is 5.76 Å². The van der Waals surface area contributed by atoms with Gasteiger partial charge in [-0.3, -0.25) is 4.79 Å². The van der Waals surface area contributed by atoms with E-state index >= 15 is 0 Å². The van der Waals surface area contributed by atoms with Crippen LogP contribution in [0.4, 0.5) is 0 Å². The summed E-state index contributed by atoms with van der Waals surface area (Å²) in [6, 6.07) is 9.78. The summed E-state index contributed by atoms with van der Waals surface area (Å²) < 4.78 is 10.9. The first-order chi connectivity index (χ1) is 12.0. The summed E-state index contributed by atoms with van der Waals surface area (Å²) >= 11 is 0. The quantitative estimate of drug-likeness (QED) is 0.721. The van der Waals surface area contributed by atoms with Crippen LogP contribution in [0.25, 0.3) is 10.9 Å². The summed E-state index contributed by atoms with van der Waals surface area (Å²) in [6.45, 7) is 4.74. The van der Waals surface area contributed by atoms with Gasteiger partial charge in [-0.1, -0.05) is 12.1 Å². The lowest BCUT2D eigenvalue weighted by Gasteiger charge is -2.08. The number of aromatic nitrogens is 2. The highest BCUT2D eigenvalue weighted by atomic mass is 16.5. The standard InChI is InChI=1S/C19H21N3O3/c1-12-7-16(25-22-12)11-24-15-4-3-13-8-14(21-17(13)9-15)10-20-18(23)19(2)5-6-19/h3-4,7-9,21H,5-6,10-11H2,1-2H3,(H,20,23). The van der Waals surface area contributed by atoms with E-state index in [0.717, 1.165) is 40.9 Å². The molecule has 0 saturated heterocycles. The number of fused-ring (bicyclic) bond motifs is 1. The molecular formula is C19H21N3O3. The third-order valence-corrected chi connectivity index (χ3v) is 4.70. The maximum atomic E-state index is 12.0. The molecule has 1 aliphatic carbocycles. The molecule has 0 radical (unpaired) electrons. The first-order valence-electron chi connectivity index (χ1n) is 8.47. The minimum atomic E-state index is -0.147. The molecule has 1 fully saturated rings. The van der Waals surface area contributed by atoms with Gasteiger partial charge in [-0.15, -0.1) is 0 Å². The molecular weight excluding hydrogens is 318 g/mol. The van der Waals surface area contributed by atoms with Gasteiger partial charge < -0.3 is 19.6 Å². The Labute approximate surface area is 145 Å². The maximum absolute atomic E-state index is 12.0. The predicted molar refractivity (Wildman–Crippen MR) is 93.1 cm³/mol. The summed E-state index contributed by atoms with van der Waals surface area (Å²) in [4.78, 5) is 15.4. The van der Waals surface area contributed by atoms with E-state index in [1.54, 1.807) is 0 Å². The van der Waals surface area contributed by atoms with Crippen molar-refractivity contribution in [2.45, 2.75) is 39.8 Å². The van der Waals surface area contributed by atoms with Gasteiger partial charge in [0, 0.05) is 28.8 Å². The Bertz CT molecular complexity index is 921. The lowest BCUT2D eigenvalue weighted by molar-refractivity contribution is -0.125. The van der Waals surface area contributed by atoms with Crippen LogP contribution in [-0.2, 0) is 17.9 Å². The number of aromatic amines is 1. The number of hydrogen-bond donors (Lipinski definition) is 2. The highest BCUT2D eigenvalue weighted by Crippen LogP contribution is 2.45. The molecule has 25 heavy (non-hydrogen) atoms. The van der Waals surface area contributed by atoms with Crippen molar-refractivity contribution in [2.75, 3.05) is 0 Å². The van der Waals surface area contributed by atoms with Crippen LogP contribution in [0.2, 0.25) is 0 Å². The smallest absolute Gasteiger partial charge is 0.226 e. The van der Waals surface area contributed by atoms with E-state index in [9.17, 15) is 4.79 Å². The fourth-order valence-corrected chi connectivity index (χ4v) is 2.79. The zero-order chi connectivity index (χ0) is 17.4. The minimum Gasteiger partial charge on any atom is -0.485 e. The van der Waals surface area contributed by atoms with Gasteiger partial charge in [0.25, 0.3) is 0 Å². The first kappa shape index (κ1) is 15.7. The van der Waals surface area contributed by atoms with Crippen molar-refractivity contribution in [3.8, 4) is 5.75 Å². The molecule has 2 N–H and O–H groups in total. The second-order valence-electron chi connectivity index (χ2n) is 7.01. The van der Waals surface area contributed by atoms with Crippen molar-refractivity contribution in [3.63, 3.8) is 0 Å². The monoisotopic (exact) mass is 339 g/mol. The average molecular weight is 339 g/mol. The van der Waals surface area contributed by atoms with Gasteiger partial charge in [-0.25, -0.2) is 0 Å². The molecule has 6 heteroatoms. The molecule has 1 aliphatic rings. The van der Waals surface area contributed by atoms with Crippen LogP contribution in [0.1, 0.15) is 36.9 Å². The van der Waals surface area contributed by atoms with Crippen LogP contribution < -0.4 is 10.1 Å². The summed E-state index contributed by atoms with van der Waals surface area (Å²) in [5.41, 5.74) is 2.65. The molecule has 0 atom stereocenters. The Morgan fingerprint density at radius 1 is 1.36 bits per heavy atom. The number of nitrogens with one attached hydrogen (secondary N) is 2. The number of H-pyrrole nitrogens is 1. The van der Waals surface area contributed by atoms with Gasteiger partial charge in [0.1, 0.15) is 12.4 Å². The Balaban J connectivity index is 1.41. The van der Waals surface area contributed by atoms with Crippen molar-refractivity contribution in [2.24, 2.45) is 5.41 Å². The summed E-state index contributed by atoms with van der Waals surface area (Å²) in [5.74, 6) is 1.59. The molecule has 4 rings (SSSR count). The SMILES string of the molecule is Cc1cc(COc2ccc3cc(CNC(=O)C4(C)CC4)[nH]c3c2)on1. The second kappa shape index (κ2) is 5.95. The van der Waals surface area contributed by atoms with Crippen LogP contribution in [0.5, 0.6) is 5.75 Å². The second-order valence-corrected chi connectivity index (χ2v) is 7.01. The Morgan fingerprint density at radius 3 is 2.92 bits per heavy atom. The van der Waals surface area contributed by atoms with E-state index in [4.69, 9.17) is 9.26 Å². The molecule has 0 aliphatic heterocycles. The average Bonchev–Trinajstić information content (AvgIpc) is 3.04. The fourth-order valence-electron chi connectivity index (χ4n) is 2.79. The molecule has 2 aromatic heterocycles. The van der Waals surface area contributed by atoms with Crippen molar-refractivity contribution in [1.29, 1.82) is 0 Å². The summed E-state index contributed by atoms with van der Waals surface area (Å²) in [5, 5.41) is 7.94. The summed E-state index contributed by atoms with van der Waals surface area (Å²) in [6.07, 6.45) is 1.97. The normalized spacial score (nSPS) is 15.3. The van der Waals surface area contributed by atoms with Crippen molar-refractivity contribution < 1.29 is 14.1 Å². The number of rotatable bonds is 6. The largest absolute Gasteiger partial charge is 0.485 e. The fraction of sp³-hybridized carbons (Fsp3) is 0.368. The molecule has 1 amide bonds. The van der Waals surface area contributed by atoms with E-state index < -0.39 is 0 Å². The number of hydrogen-bond acceptors (Lipinski definition) is 4. The Hall–Kier alpha value is -2.76. The third-order valence-electron chi connectivity index (χ3n) is 4.70. The number of amides is 1. The first-order valence-corrected chi connectivity index (χ1v) is 8.47. The van der Waals surface area contributed by atoms with Crippen LogP contribution >= 0.6 is 0 Å². The highest BCUT2D eigenvalue weighted by Gasteiger charge is 2.44. The van der Waals surface area contributed by atoms with Gasteiger partial charge in [-0.05, 0) is 43.4 Å². The highest BCUT2D eigenvalue weighted by molar-refractivity contribution is 5.85. The number of benzene rings is 1. The van der Waals surface area contributed by atoms with E-state index in [1.807, 2.05) is 38.1 Å². The van der Waals surface area contributed by atoms with E-state index in [0.29, 0.717) is 18.9 Å². The number of ether oxygens (including phenoxy) is 1.